The lowest BCUT2D eigenvalue weighted by Gasteiger charge is -2.32. The van der Waals surface area contributed by atoms with E-state index >= 15 is 0 Å². The number of allylic oxidation sites excluding steroid dienone is 1. The van der Waals surface area contributed by atoms with Crippen molar-refractivity contribution in [2.75, 3.05) is 13.1 Å². The van der Waals surface area contributed by atoms with Gasteiger partial charge in [0.1, 0.15) is 17.7 Å². The van der Waals surface area contributed by atoms with E-state index in [1.165, 1.54) is 0 Å². The van der Waals surface area contributed by atoms with Crippen LogP contribution >= 0.6 is 0 Å². The highest BCUT2D eigenvalue weighted by Gasteiger charge is 2.60. The molecule has 8 nitrogen and oxygen atoms in total. The van der Waals surface area contributed by atoms with Crippen LogP contribution in [0.3, 0.4) is 0 Å². The molecule has 1 aromatic rings. The van der Waals surface area contributed by atoms with E-state index in [2.05, 4.69) is 16.6 Å². The Morgan fingerprint density at radius 1 is 1.32 bits per heavy atom. The number of azide groups is 1. The van der Waals surface area contributed by atoms with Gasteiger partial charge in [-0.25, -0.2) is 4.79 Å². The Bertz CT molecular complexity index is 875. The number of nitrogens with zero attached hydrogens (tertiary/aromatic N) is 4. The molecule has 0 radical (unpaired) electrons. The SMILES string of the molecule is C=CCC1C2CN(C(=O)OC(C)(C)C)CC2CC1(N=[N+]=[N-])C(=O)OCc1ccccc1. The van der Waals surface area contributed by atoms with E-state index in [9.17, 15) is 15.1 Å². The highest BCUT2D eigenvalue weighted by atomic mass is 16.6. The molecular formula is C23H30N4O4. The van der Waals surface area contributed by atoms with E-state index in [4.69, 9.17) is 9.47 Å². The third kappa shape index (κ3) is 4.85. The molecule has 1 aliphatic carbocycles. The number of hydrogen-bond donors (Lipinski definition) is 0. The first-order valence-corrected chi connectivity index (χ1v) is 10.6. The zero-order valence-electron chi connectivity index (χ0n) is 18.4. The Morgan fingerprint density at radius 2 is 2.03 bits per heavy atom. The molecule has 166 valence electrons. The molecule has 1 aliphatic heterocycles. The van der Waals surface area contributed by atoms with Gasteiger partial charge in [-0.1, -0.05) is 41.5 Å². The van der Waals surface area contributed by atoms with Crippen LogP contribution in [0, 0.1) is 17.8 Å². The highest BCUT2D eigenvalue weighted by molar-refractivity contribution is 5.82. The van der Waals surface area contributed by atoms with Crippen LogP contribution in [0.15, 0.2) is 48.1 Å². The highest BCUT2D eigenvalue weighted by Crippen LogP contribution is 2.52. The average Bonchev–Trinajstić information content (AvgIpc) is 3.24. The first-order valence-electron chi connectivity index (χ1n) is 10.6. The van der Waals surface area contributed by atoms with Crippen molar-refractivity contribution in [2.24, 2.45) is 22.9 Å². The Labute approximate surface area is 182 Å². The maximum absolute atomic E-state index is 13.2. The van der Waals surface area contributed by atoms with Crippen molar-refractivity contribution in [1.29, 1.82) is 0 Å². The summed E-state index contributed by atoms with van der Waals surface area (Å²) in [5.74, 6) is -0.784. The van der Waals surface area contributed by atoms with Crippen LogP contribution in [0.5, 0.6) is 0 Å². The molecule has 1 heterocycles. The first kappa shape index (κ1) is 22.7. The van der Waals surface area contributed by atoms with Crippen molar-refractivity contribution in [3.8, 4) is 0 Å². The summed E-state index contributed by atoms with van der Waals surface area (Å²) in [7, 11) is 0. The number of fused-ring (bicyclic) bond motifs is 1. The Kier molecular flexibility index (Phi) is 6.60. The number of carbonyl (C=O) groups excluding carboxylic acids is 2. The molecule has 1 saturated carbocycles. The lowest BCUT2D eigenvalue weighted by atomic mass is 9.81. The van der Waals surface area contributed by atoms with Gasteiger partial charge < -0.3 is 14.4 Å². The molecule has 0 bridgehead atoms. The minimum Gasteiger partial charge on any atom is -0.460 e. The molecule has 0 spiro atoms. The largest absolute Gasteiger partial charge is 0.460 e. The van der Waals surface area contributed by atoms with Crippen molar-refractivity contribution in [3.05, 3.63) is 59.0 Å². The Morgan fingerprint density at radius 3 is 2.65 bits per heavy atom. The minimum absolute atomic E-state index is 0.000272. The van der Waals surface area contributed by atoms with Crippen molar-refractivity contribution in [2.45, 2.75) is 51.4 Å². The summed E-state index contributed by atoms with van der Waals surface area (Å²) in [6.45, 7) is 10.3. The Hall–Kier alpha value is -2.99. The van der Waals surface area contributed by atoms with E-state index in [-0.39, 0.29) is 30.5 Å². The van der Waals surface area contributed by atoms with E-state index < -0.39 is 17.1 Å². The van der Waals surface area contributed by atoms with Crippen molar-refractivity contribution >= 4 is 12.1 Å². The maximum atomic E-state index is 13.2. The van der Waals surface area contributed by atoms with E-state index in [0.717, 1.165) is 5.56 Å². The monoisotopic (exact) mass is 426 g/mol. The van der Waals surface area contributed by atoms with E-state index in [0.29, 0.717) is 25.9 Å². The fraction of sp³-hybridized carbons (Fsp3) is 0.565. The van der Waals surface area contributed by atoms with Crippen LogP contribution < -0.4 is 0 Å². The van der Waals surface area contributed by atoms with Gasteiger partial charge in [-0.3, -0.25) is 4.79 Å². The molecule has 31 heavy (non-hydrogen) atoms. The zero-order valence-corrected chi connectivity index (χ0v) is 18.4. The van der Waals surface area contributed by atoms with Crippen LogP contribution in [-0.4, -0.2) is 41.2 Å². The van der Waals surface area contributed by atoms with Gasteiger partial charge in [0.15, 0.2) is 0 Å². The normalized spacial score (nSPS) is 27.2. The predicted molar refractivity (Wildman–Crippen MR) is 116 cm³/mol. The molecular weight excluding hydrogens is 396 g/mol. The molecule has 1 aromatic carbocycles. The number of likely N-dealkylation sites (tertiary alicyclic amines) is 1. The number of hydrogen-bond acceptors (Lipinski definition) is 5. The van der Waals surface area contributed by atoms with Crippen molar-refractivity contribution in [3.63, 3.8) is 0 Å². The third-order valence-corrected chi connectivity index (χ3v) is 6.06. The van der Waals surface area contributed by atoms with Gasteiger partial charge in [0, 0.05) is 18.0 Å². The van der Waals surface area contributed by atoms with Gasteiger partial charge in [0.25, 0.3) is 0 Å². The molecule has 2 aliphatic rings. The molecule has 1 saturated heterocycles. The minimum atomic E-state index is -1.30. The number of rotatable bonds is 6. The molecule has 1 amide bonds. The number of benzene rings is 1. The number of amides is 1. The quantitative estimate of drug-likeness (QED) is 0.213. The second-order valence-corrected chi connectivity index (χ2v) is 9.32. The topological polar surface area (TPSA) is 105 Å². The van der Waals surface area contributed by atoms with E-state index in [1.54, 1.807) is 11.0 Å². The smallest absolute Gasteiger partial charge is 0.410 e. The van der Waals surface area contributed by atoms with Gasteiger partial charge in [-0.05, 0) is 62.5 Å². The van der Waals surface area contributed by atoms with Crippen molar-refractivity contribution in [1.82, 2.24) is 4.90 Å². The summed E-state index contributed by atoms with van der Waals surface area (Å²) in [5, 5.41) is 4.00. The van der Waals surface area contributed by atoms with Gasteiger partial charge in [-0.2, -0.15) is 0 Å². The summed E-state index contributed by atoms with van der Waals surface area (Å²) >= 11 is 0. The third-order valence-electron chi connectivity index (χ3n) is 6.06. The fourth-order valence-corrected chi connectivity index (χ4v) is 4.82. The molecule has 0 N–H and O–H groups in total. The molecule has 4 atom stereocenters. The lowest BCUT2D eigenvalue weighted by molar-refractivity contribution is -0.153. The summed E-state index contributed by atoms with van der Waals surface area (Å²) < 4.78 is 11.1. The predicted octanol–water partition coefficient (Wildman–Crippen LogP) is 4.86. The Balaban J connectivity index is 1.79. The van der Waals surface area contributed by atoms with Crippen LogP contribution in [0.2, 0.25) is 0 Å². The summed E-state index contributed by atoms with van der Waals surface area (Å²) in [4.78, 5) is 30.5. The average molecular weight is 427 g/mol. The number of carbonyl (C=O) groups is 2. The van der Waals surface area contributed by atoms with Gasteiger partial charge in [-0.15, -0.1) is 6.58 Å². The molecule has 8 heteroatoms. The zero-order chi connectivity index (χ0) is 22.6. The maximum Gasteiger partial charge on any atom is 0.410 e. The molecule has 3 rings (SSSR count). The first-order chi connectivity index (χ1) is 14.7. The van der Waals surface area contributed by atoms with Gasteiger partial charge in [0.05, 0.1) is 0 Å². The summed E-state index contributed by atoms with van der Waals surface area (Å²) in [6.07, 6.45) is 2.20. The fourth-order valence-electron chi connectivity index (χ4n) is 4.82. The molecule has 2 fully saturated rings. The second kappa shape index (κ2) is 9.02. The summed E-state index contributed by atoms with van der Waals surface area (Å²) in [6, 6.07) is 9.38. The van der Waals surface area contributed by atoms with Gasteiger partial charge in [0.2, 0.25) is 0 Å². The molecule has 0 aromatic heterocycles. The van der Waals surface area contributed by atoms with Crippen LogP contribution in [-0.2, 0) is 20.9 Å². The van der Waals surface area contributed by atoms with Crippen LogP contribution in [0.4, 0.5) is 4.79 Å². The standard InChI is InChI=1S/C23H30N4O4/c1-5-9-19-18-14-27(21(29)31-22(2,3)4)13-17(18)12-23(19,25-26-24)20(28)30-15-16-10-7-6-8-11-16/h5-8,10-11,17-19H,1,9,12-15H2,2-4H3. The van der Waals surface area contributed by atoms with Gasteiger partial charge >= 0.3 is 12.1 Å². The molecule has 4 unspecified atom stereocenters. The second-order valence-electron chi connectivity index (χ2n) is 9.32. The summed E-state index contributed by atoms with van der Waals surface area (Å²) in [5.41, 5.74) is 8.27. The van der Waals surface area contributed by atoms with Crippen LogP contribution in [0.25, 0.3) is 10.4 Å². The lowest BCUT2D eigenvalue weighted by Crippen LogP contribution is -2.45. The number of ether oxygens (including phenoxy) is 2. The van der Waals surface area contributed by atoms with Crippen molar-refractivity contribution < 1.29 is 19.1 Å². The van der Waals surface area contributed by atoms with E-state index in [1.807, 2.05) is 51.1 Å². The number of esters is 1. The van der Waals surface area contributed by atoms with Crippen LogP contribution in [0.1, 0.15) is 39.2 Å².